The second-order valence-corrected chi connectivity index (χ2v) is 4.69. The molecule has 0 aliphatic carbocycles. The molecule has 0 unspecified atom stereocenters. The Labute approximate surface area is 116 Å². The van der Waals surface area contributed by atoms with Crippen LogP contribution in [0.15, 0.2) is 35.6 Å². The van der Waals surface area contributed by atoms with Crippen molar-refractivity contribution in [3.63, 3.8) is 0 Å². The van der Waals surface area contributed by atoms with Gasteiger partial charge in [0.1, 0.15) is 5.03 Å². The van der Waals surface area contributed by atoms with Crippen LogP contribution in [0.25, 0.3) is 0 Å². The smallest absolute Gasteiger partial charge is 0.161 e. The van der Waals surface area contributed by atoms with E-state index in [9.17, 15) is 0 Å². The number of ether oxygens (including phenoxy) is 2. The average molecular weight is 277 g/mol. The Balaban J connectivity index is 2.10. The van der Waals surface area contributed by atoms with Crippen LogP contribution in [0.5, 0.6) is 11.5 Å². The number of methoxy groups -OCH3 is 2. The van der Waals surface area contributed by atoms with Gasteiger partial charge in [-0.1, -0.05) is 17.8 Å². The standard InChI is InChI=1S/C13H15N3O2S/c1-17-10-4-3-9(7-11(10)18-2)8-19-13-12(14)15-5-6-16-13/h3-7H,8H2,1-2H3,(H2,14,15). The van der Waals surface area contributed by atoms with E-state index in [-0.39, 0.29) is 0 Å². The molecule has 100 valence electrons. The summed E-state index contributed by atoms with van der Waals surface area (Å²) in [6.07, 6.45) is 3.21. The zero-order chi connectivity index (χ0) is 13.7. The van der Waals surface area contributed by atoms with E-state index >= 15 is 0 Å². The molecule has 0 aliphatic rings. The summed E-state index contributed by atoms with van der Waals surface area (Å²) in [7, 11) is 3.24. The van der Waals surface area contributed by atoms with Crippen LogP contribution in [0.3, 0.4) is 0 Å². The molecular formula is C13H15N3O2S. The van der Waals surface area contributed by atoms with Crippen molar-refractivity contribution in [3.05, 3.63) is 36.2 Å². The fourth-order valence-corrected chi connectivity index (χ4v) is 2.39. The maximum atomic E-state index is 5.75. The maximum absolute atomic E-state index is 5.75. The predicted molar refractivity (Wildman–Crippen MR) is 75.6 cm³/mol. The summed E-state index contributed by atoms with van der Waals surface area (Å²) in [5.74, 6) is 2.62. The van der Waals surface area contributed by atoms with Gasteiger partial charge in [0.05, 0.1) is 14.2 Å². The second kappa shape index (κ2) is 6.29. The monoisotopic (exact) mass is 277 g/mol. The Hall–Kier alpha value is -1.95. The van der Waals surface area contributed by atoms with Crippen molar-refractivity contribution in [2.45, 2.75) is 10.8 Å². The quantitative estimate of drug-likeness (QED) is 0.846. The van der Waals surface area contributed by atoms with Crippen molar-refractivity contribution in [2.75, 3.05) is 20.0 Å². The highest BCUT2D eigenvalue weighted by molar-refractivity contribution is 7.98. The molecule has 0 saturated heterocycles. The number of rotatable bonds is 5. The number of thioether (sulfide) groups is 1. The highest BCUT2D eigenvalue weighted by Crippen LogP contribution is 2.31. The summed E-state index contributed by atoms with van der Waals surface area (Å²) in [5.41, 5.74) is 6.85. The van der Waals surface area contributed by atoms with Gasteiger partial charge in [0.2, 0.25) is 0 Å². The first-order valence-electron chi connectivity index (χ1n) is 5.64. The number of aromatic nitrogens is 2. The van der Waals surface area contributed by atoms with E-state index in [1.54, 1.807) is 26.6 Å². The zero-order valence-corrected chi connectivity index (χ0v) is 11.6. The molecule has 0 spiro atoms. The lowest BCUT2D eigenvalue weighted by Gasteiger charge is -2.09. The lowest BCUT2D eigenvalue weighted by Crippen LogP contribution is -1.95. The Morgan fingerprint density at radius 3 is 2.53 bits per heavy atom. The molecule has 0 bridgehead atoms. The molecule has 2 aromatic rings. The van der Waals surface area contributed by atoms with Gasteiger partial charge in [0.15, 0.2) is 17.3 Å². The normalized spacial score (nSPS) is 10.2. The average Bonchev–Trinajstić information content (AvgIpc) is 2.46. The zero-order valence-electron chi connectivity index (χ0n) is 10.8. The van der Waals surface area contributed by atoms with E-state index < -0.39 is 0 Å². The largest absolute Gasteiger partial charge is 0.493 e. The molecule has 19 heavy (non-hydrogen) atoms. The van der Waals surface area contributed by atoms with Crippen molar-refractivity contribution in [1.29, 1.82) is 0 Å². The van der Waals surface area contributed by atoms with E-state index in [0.29, 0.717) is 11.6 Å². The Bertz CT molecular complexity index is 563. The molecule has 0 radical (unpaired) electrons. The Morgan fingerprint density at radius 2 is 1.84 bits per heavy atom. The molecule has 0 saturated carbocycles. The number of hydrogen-bond acceptors (Lipinski definition) is 6. The Morgan fingerprint density at radius 1 is 1.11 bits per heavy atom. The van der Waals surface area contributed by atoms with Gasteiger partial charge in [-0.25, -0.2) is 9.97 Å². The van der Waals surface area contributed by atoms with Crippen molar-refractivity contribution >= 4 is 17.6 Å². The number of nitrogen functional groups attached to an aromatic ring is 1. The first kappa shape index (κ1) is 13.5. The van der Waals surface area contributed by atoms with Crippen LogP contribution >= 0.6 is 11.8 Å². The molecular weight excluding hydrogens is 262 g/mol. The van der Waals surface area contributed by atoms with Gasteiger partial charge >= 0.3 is 0 Å². The third kappa shape index (κ3) is 3.29. The molecule has 1 aromatic heterocycles. The van der Waals surface area contributed by atoms with E-state index in [4.69, 9.17) is 15.2 Å². The molecule has 0 aliphatic heterocycles. The van der Waals surface area contributed by atoms with Crippen LogP contribution in [0, 0.1) is 0 Å². The summed E-state index contributed by atoms with van der Waals surface area (Å²) in [6, 6.07) is 5.81. The van der Waals surface area contributed by atoms with Crippen molar-refractivity contribution in [3.8, 4) is 11.5 Å². The third-order valence-corrected chi connectivity index (χ3v) is 3.58. The van der Waals surface area contributed by atoms with E-state index in [1.165, 1.54) is 11.8 Å². The van der Waals surface area contributed by atoms with Gasteiger partial charge in [0, 0.05) is 18.1 Å². The van der Waals surface area contributed by atoms with E-state index in [2.05, 4.69) is 9.97 Å². The van der Waals surface area contributed by atoms with Crippen LogP contribution in [0.1, 0.15) is 5.56 Å². The van der Waals surface area contributed by atoms with Crippen LogP contribution < -0.4 is 15.2 Å². The highest BCUT2D eigenvalue weighted by atomic mass is 32.2. The molecule has 0 fully saturated rings. The number of hydrogen-bond donors (Lipinski definition) is 1. The van der Waals surface area contributed by atoms with Gasteiger partial charge in [-0.3, -0.25) is 0 Å². The van der Waals surface area contributed by atoms with Gasteiger partial charge < -0.3 is 15.2 Å². The number of anilines is 1. The lowest BCUT2D eigenvalue weighted by molar-refractivity contribution is 0.354. The van der Waals surface area contributed by atoms with Gasteiger partial charge in [-0.15, -0.1) is 0 Å². The summed E-state index contributed by atoms with van der Waals surface area (Å²) >= 11 is 1.54. The van der Waals surface area contributed by atoms with Crippen LogP contribution in [-0.4, -0.2) is 24.2 Å². The van der Waals surface area contributed by atoms with E-state index in [0.717, 1.165) is 22.1 Å². The summed E-state index contributed by atoms with van der Waals surface area (Å²) in [4.78, 5) is 8.19. The first-order valence-corrected chi connectivity index (χ1v) is 6.63. The fraction of sp³-hybridized carbons (Fsp3) is 0.231. The molecule has 2 rings (SSSR count). The van der Waals surface area contributed by atoms with Gasteiger partial charge in [-0.05, 0) is 17.7 Å². The number of nitrogens with two attached hydrogens (primary N) is 1. The number of nitrogens with zero attached hydrogens (tertiary/aromatic N) is 2. The predicted octanol–water partition coefficient (Wildman–Crippen LogP) is 2.37. The first-order chi connectivity index (χ1) is 9.24. The third-order valence-electron chi connectivity index (χ3n) is 2.51. The van der Waals surface area contributed by atoms with Crippen LogP contribution in [0.4, 0.5) is 5.82 Å². The topological polar surface area (TPSA) is 70.3 Å². The van der Waals surface area contributed by atoms with Crippen molar-refractivity contribution in [1.82, 2.24) is 9.97 Å². The van der Waals surface area contributed by atoms with Crippen LogP contribution in [-0.2, 0) is 5.75 Å². The molecule has 1 heterocycles. The number of benzene rings is 1. The molecule has 6 heteroatoms. The maximum Gasteiger partial charge on any atom is 0.161 e. The summed E-state index contributed by atoms with van der Waals surface area (Å²) in [5, 5.41) is 0.734. The van der Waals surface area contributed by atoms with Gasteiger partial charge in [-0.2, -0.15) is 0 Å². The van der Waals surface area contributed by atoms with Gasteiger partial charge in [0.25, 0.3) is 0 Å². The second-order valence-electron chi connectivity index (χ2n) is 3.72. The minimum absolute atomic E-state index is 0.452. The summed E-state index contributed by atoms with van der Waals surface area (Å²) in [6.45, 7) is 0. The highest BCUT2D eigenvalue weighted by Gasteiger charge is 2.07. The van der Waals surface area contributed by atoms with Crippen LogP contribution in [0.2, 0.25) is 0 Å². The SMILES string of the molecule is COc1ccc(CSc2nccnc2N)cc1OC. The molecule has 1 aromatic carbocycles. The van der Waals surface area contributed by atoms with E-state index in [1.807, 2.05) is 18.2 Å². The molecule has 5 nitrogen and oxygen atoms in total. The molecule has 0 amide bonds. The minimum Gasteiger partial charge on any atom is -0.493 e. The Kier molecular flexibility index (Phi) is 4.46. The fourth-order valence-electron chi connectivity index (χ4n) is 1.57. The lowest BCUT2D eigenvalue weighted by atomic mass is 10.2. The van der Waals surface area contributed by atoms with Crippen molar-refractivity contribution in [2.24, 2.45) is 0 Å². The molecule has 0 atom stereocenters. The van der Waals surface area contributed by atoms with Crippen molar-refractivity contribution < 1.29 is 9.47 Å². The minimum atomic E-state index is 0.452. The summed E-state index contributed by atoms with van der Waals surface area (Å²) < 4.78 is 10.5. The molecule has 2 N–H and O–H groups in total.